The van der Waals surface area contributed by atoms with Crippen LogP contribution in [0.4, 0.5) is 0 Å². The van der Waals surface area contributed by atoms with Gasteiger partial charge in [-0.3, -0.25) is 4.98 Å². The molecular weight excluding hydrogens is 202 g/mol. The van der Waals surface area contributed by atoms with E-state index in [9.17, 15) is 5.11 Å². The van der Waals surface area contributed by atoms with Gasteiger partial charge in [0.2, 0.25) is 0 Å². The second-order valence-corrected chi connectivity index (χ2v) is 3.79. The Morgan fingerprint density at radius 2 is 2.19 bits per heavy atom. The predicted molar refractivity (Wildman–Crippen MR) is 60.5 cm³/mol. The molecular formula is C13H11NO2. The van der Waals surface area contributed by atoms with E-state index in [1.54, 1.807) is 18.3 Å². The Morgan fingerprint density at radius 3 is 3.06 bits per heavy atom. The minimum atomic E-state index is 0.210. The Morgan fingerprint density at radius 1 is 1.25 bits per heavy atom. The number of aromatic nitrogens is 1. The fourth-order valence-electron chi connectivity index (χ4n) is 1.95. The average Bonchev–Trinajstić information content (AvgIpc) is 2.76. The largest absolute Gasteiger partial charge is 0.506 e. The maximum absolute atomic E-state index is 9.72. The minimum absolute atomic E-state index is 0.210. The molecule has 1 aromatic carbocycles. The van der Waals surface area contributed by atoms with Crippen LogP contribution in [0.15, 0.2) is 36.5 Å². The first-order valence-corrected chi connectivity index (χ1v) is 5.25. The third-order valence-corrected chi connectivity index (χ3v) is 2.75. The van der Waals surface area contributed by atoms with Crippen LogP contribution in [0, 0.1) is 0 Å². The summed E-state index contributed by atoms with van der Waals surface area (Å²) in [5.41, 5.74) is 2.74. The van der Waals surface area contributed by atoms with E-state index in [1.807, 2.05) is 18.2 Å². The van der Waals surface area contributed by atoms with Crippen molar-refractivity contribution in [2.75, 3.05) is 6.61 Å². The average molecular weight is 213 g/mol. The molecule has 3 heteroatoms. The molecule has 1 aliphatic heterocycles. The zero-order valence-electron chi connectivity index (χ0n) is 8.68. The molecule has 0 radical (unpaired) electrons. The highest BCUT2D eigenvalue weighted by Crippen LogP contribution is 2.32. The van der Waals surface area contributed by atoms with Gasteiger partial charge in [-0.25, -0.2) is 0 Å². The Bertz CT molecular complexity index is 537. The highest BCUT2D eigenvalue weighted by atomic mass is 16.5. The molecule has 0 fully saturated rings. The van der Waals surface area contributed by atoms with Gasteiger partial charge in [0, 0.05) is 18.2 Å². The van der Waals surface area contributed by atoms with Crippen molar-refractivity contribution in [1.82, 2.24) is 4.98 Å². The zero-order chi connectivity index (χ0) is 11.0. The fourth-order valence-corrected chi connectivity index (χ4v) is 1.95. The smallest absolute Gasteiger partial charge is 0.141 e. The van der Waals surface area contributed by atoms with E-state index in [4.69, 9.17) is 4.74 Å². The van der Waals surface area contributed by atoms with Gasteiger partial charge in [0.15, 0.2) is 0 Å². The molecule has 1 N–H and O–H groups in total. The fraction of sp³-hybridized carbons (Fsp3) is 0.154. The summed E-state index contributed by atoms with van der Waals surface area (Å²) in [5.74, 6) is 1.15. The van der Waals surface area contributed by atoms with Crippen LogP contribution in [0.25, 0.3) is 11.3 Å². The van der Waals surface area contributed by atoms with Crippen molar-refractivity contribution in [1.29, 1.82) is 0 Å². The summed E-state index contributed by atoms with van der Waals surface area (Å²) in [5, 5.41) is 9.72. The second kappa shape index (κ2) is 3.52. The van der Waals surface area contributed by atoms with Crippen molar-refractivity contribution in [2.45, 2.75) is 6.42 Å². The molecule has 0 aliphatic carbocycles. The van der Waals surface area contributed by atoms with Gasteiger partial charge in [-0.1, -0.05) is 0 Å². The minimum Gasteiger partial charge on any atom is -0.506 e. The van der Waals surface area contributed by atoms with Crippen molar-refractivity contribution in [2.24, 2.45) is 0 Å². The molecule has 0 atom stereocenters. The summed E-state index contributed by atoms with van der Waals surface area (Å²) in [6.45, 7) is 0.743. The van der Waals surface area contributed by atoms with Gasteiger partial charge >= 0.3 is 0 Å². The van der Waals surface area contributed by atoms with E-state index in [1.165, 1.54) is 5.56 Å². The molecule has 0 spiro atoms. The Balaban J connectivity index is 2.11. The number of aromatic hydroxyl groups is 1. The lowest BCUT2D eigenvalue weighted by atomic mass is 10.1. The standard InChI is InChI=1S/C13H11NO2/c15-11-2-1-6-14-13(11)10-3-4-12-9(8-10)5-7-16-12/h1-4,6,8,15H,5,7H2. The zero-order valence-corrected chi connectivity index (χ0v) is 8.68. The van der Waals surface area contributed by atoms with Crippen LogP contribution in [-0.2, 0) is 6.42 Å². The van der Waals surface area contributed by atoms with E-state index in [-0.39, 0.29) is 5.75 Å². The third kappa shape index (κ3) is 1.41. The van der Waals surface area contributed by atoms with Gasteiger partial charge in [0.25, 0.3) is 0 Å². The first-order valence-electron chi connectivity index (χ1n) is 5.25. The molecule has 0 bridgehead atoms. The number of rotatable bonds is 1. The van der Waals surface area contributed by atoms with E-state index >= 15 is 0 Å². The van der Waals surface area contributed by atoms with Gasteiger partial charge in [0.05, 0.1) is 6.61 Å². The summed E-state index contributed by atoms with van der Waals surface area (Å²) in [7, 11) is 0. The molecule has 0 saturated heterocycles. The lowest BCUT2D eigenvalue weighted by Crippen LogP contribution is -1.85. The van der Waals surface area contributed by atoms with E-state index in [0.717, 1.165) is 24.3 Å². The number of nitrogens with zero attached hydrogens (tertiary/aromatic N) is 1. The molecule has 2 heterocycles. The molecule has 16 heavy (non-hydrogen) atoms. The van der Waals surface area contributed by atoms with Crippen LogP contribution >= 0.6 is 0 Å². The maximum Gasteiger partial charge on any atom is 0.141 e. The van der Waals surface area contributed by atoms with Crippen LogP contribution in [0.5, 0.6) is 11.5 Å². The molecule has 0 saturated carbocycles. The highest BCUT2D eigenvalue weighted by molar-refractivity contribution is 5.67. The summed E-state index contributed by atoms with van der Waals surface area (Å²) >= 11 is 0. The summed E-state index contributed by atoms with van der Waals surface area (Å²) in [6, 6.07) is 9.25. The van der Waals surface area contributed by atoms with Crippen molar-refractivity contribution in [3.63, 3.8) is 0 Å². The number of hydrogen-bond acceptors (Lipinski definition) is 3. The lowest BCUT2D eigenvalue weighted by Gasteiger charge is -2.05. The predicted octanol–water partition coefficient (Wildman–Crippen LogP) is 2.39. The van der Waals surface area contributed by atoms with E-state index in [0.29, 0.717) is 5.69 Å². The number of benzene rings is 1. The Labute approximate surface area is 93.3 Å². The molecule has 3 rings (SSSR count). The normalized spacial score (nSPS) is 13.2. The van der Waals surface area contributed by atoms with Crippen LogP contribution in [0.3, 0.4) is 0 Å². The quantitative estimate of drug-likeness (QED) is 0.790. The number of pyridine rings is 1. The van der Waals surface area contributed by atoms with Gasteiger partial charge < -0.3 is 9.84 Å². The number of hydrogen-bond donors (Lipinski definition) is 1. The summed E-state index contributed by atoms with van der Waals surface area (Å²) in [6.07, 6.45) is 2.61. The molecule has 2 aromatic rings. The van der Waals surface area contributed by atoms with Crippen LogP contribution in [0.2, 0.25) is 0 Å². The lowest BCUT2D eigenvalue weighted by molar-refractivity contribution is 0.357. The molecule has 80 valence electrons. The number of ether oxygens (including phenoxy) is 1. The first-order chi connectivity index (χ1) is 7.84. The molecule has 1 aliphatic rings. The molecule has 3 nitrogen and oxygen atoms in total. The summed E-state index contributed by atoms with van der Waals surface area (Å²) in [4.78, 5) is 4.18. The van der Waals surface area contributed by atoms with Crippen LogP contribution in [-0.4, -0.2) is 16.7 Å². The van der Waals surface area contributed by atoms with Gasteiger partial charge in [-0.15, -0.1) is 0 Å². The Hall–Kier alpha value is -2.03. The Kier molecular flexibility index (Phi) is 2.03. The van der Waals surface area contributed by atoms with Crippen LogP contribution in [0.1, 0.15) is 5.56 Å². The van der Waals surface area contributed by atoms with E-state index < -0.39 is 0 Å². The van der Waals surface area contributed by atoms with Crippen molar-refractivity contribution >= 4 is 0 Å². The monoisotopic (exact) mass is 213 g/mol. The van der Waals surface area contributed by atoms with Crippen LogP contribution < -0.4 is 4.74 Å². The van der Waals surface area contributed by atoms with Crippen molar-refractivity contribution < 1.29 is 9.84 Å². The van der Waals surface area contributed by atoms with Crippen molar-refractivity contribution in [3.05, 3.63) is 42.1 Å². The molecule has 0 amide bonds. The third-order valence-electron chi connectivity index (χ3n) is 2.75. The van der Waals surface area contributed by atoms with Gasteiger partial charge in [0.1, 0.15) is 17.2 Å². The first kappa shape index (κ1) is 9.21. The maximum atomic E-state index is 9.72. The summed E-state index contributed by atoms with van der Waals surface area (Å²) < 4.78 is 5.44. The van der Waals surface area contributed by atoms with Gasteiger partial charge in [-0.05, 0) is 35.9 Å². The molecule has 1 aromatic heterocycles. The number of fused-ring (bicyclic) bond motifs is 1. The highest BCUT2D eigenvalue weighted by Gasteiger charge is 2.14. The SMILES string of the molecule is Oc1cccnc1-c1ccc2c(c1)CCO2. The topological polar surface area (TPSA) is 42.4 Å². The second-order valence-electron chi connectivity index (χ2n) is 3.79. The van der Waals surface area contributed by atoms with Gasteiger partial charge in [-0.2, -0.15) is 0 Å². The molecule has 0 unspecified atom stereocenters. The van der Waals surface area contributed by atoms with E-state index in [2.05, 4.69) is 4.98 Å². The van der Waals surface area contributed by atoms with Crippen molar-refractivity contribution in [3.8, 4) is 22.8 Å².